The number of hydrogen-bond acceptors (Lipinski definition) is 9. The van der Waals surface area contributed by atoms with Crippen molar-refractivity contribution in [1.82, 2.24) is 34.9 Å². The second-order valence-corrected chi connectivity index (χ2v) is 8.65. The zero-order valence-electron chi connectivity index (χ0n) is 18.6. The summed E-state index contributed by atoms with van der Waals surface area (Å²) in [5.74, 6) is 0.821. The van der Waals surface area contributed by atoms with Crippen molar-refractivity contribution in [3.05, 3.63) is 58.9 Å². The third kappa shape index (κ3) is 4.00. The number of pyridine rings is 1. The lowest BCUT2D eigenvalue weighted by Gasteiger charge is -2.15. The summed E-state index contributed by atoms with van der Waals surface area (Å²) in [7, 11) is 3.46. The maximum atomic E-state index is 6.15. The van der Waals surface area contributed by atoms with Gasteiger partial charge in [0.15, 0.2) is 16.9 Å². The topological polar surface area (TPSA) is 101 Å². The van der Waals surface area contributed by atoms with E-state index < -0.39 is 0 Å². The van der Waals surface area contributed by atoms with E-state index in [1.807, 2.05) is 57.4 Å². The number of benzene rings is 1. The first-order valence-electron chi connectivity index (χ1n) is 10.3. The zero-order valence-corrected chi connectivity index (χ0v) is 19.4. The van der Waals surface area contributed by atoms with Crippen LogP contribution >= 0.6 is 11.3 Å². The van der Waals surface area contributed by atoms with E-state index in [9.17, 15) is 0 Å². The van der Waals surface area contributed by atoms with Crippen LogP contribution in [-0.2, 0) is 7.05 Å². The number of aryl methyl sites for hydroxylation is 2. The molecule has 0 spiro atoms. The Labute approximate surface area is 194 Å². The summed E-state index contributed by atoms with van der Waals surface area (Å²) < 4.78 is 13.5. The van der Waals surface area contributed by atoms with Crippen LogP contribution in [0.15, 0.2) is 48.9 Å². The molecule has 0 saturated heterocycles. The summed E-state index contributed by atoms with van der Waals surface area (Å²) in [4.78, 5) is 13.8. The van der Waals surface area contributed by atoms with Crippen molar-refractivity contribution in [2.75, 3.05) is 7.11 Å². The van der Waals surface area contributed by atoms with E-state index in [0.29, 0.717) is 28.4 Å². The maximum absolute atomic E-state index is 6.15. The summed E-state index contributed by atoms with van der Waals surface area (Å²) in [6.45, 7) is 3.81. The third-order valence-electron chi connectivity index (χ3n) is 5.07. The second kappa shape index (κ2) is 8.55. The van der Waals surface area contributed by atoms with E-state index in [4.69, 9.17) is 14.5 Å². The normalized spacial score (nSPS) is 12.1. The minimum Gasteiger partial charge on any atom is -0.491 e. The molecular formula is C23H21N7O2S. The van der Waals surface area contributed by atoms with E-state index >= 15 is 0 Å². The zero-order chi connectivity index (χ0) is 22.9. The lowest BCUT2D eigenvalue weighted by molar-refractivity contribution is 0.206. The summed E-state index contributed by atoms with van der Waals surface area (Å²) in [6, 6.07) is 11.8. The molecule has 0 fully saturated rings. The molecule has 0 bridgehead atoms. The van der Waals surface area contributed by atoms with Crippen LogP contribution in [0.2, 0.25) is 0 Å². The lowest BCUT2D eigenvalue weighted by atomic mass is 10.0. The van der Waals surface area contributed by atoms with Gasteiger partial charge in [-0.1, -0.05) is 41.7 Å². The summed E-state index contributed by atoms with van der Waals surface area (Å²) in [5, 5.41) is 14.6. The first kappa shape index (κ1) is 21.0. The van der Waals surface area contributed by atoms with Crippen molar-refractivity contribution in [3.63, 3.8) is 0 Å². The van der Waals surface area contributed by atoms with Gasteiger partial charge < -0.3 is 9.47 Å². The second-order valence-electron chi connectivity index (χ2n) is 7.44. The van der Waals surface area contributed by atoms with Gasteiger partial charge in [0.05, 0.1) is 12.6 Å². The smallest absolute Gasteiger partial charge is 0.258 e. The largest absolute Gasteiger partial charge is 0.491 e. The van der Waals surface area contributed by atoms with Crippen molar-refractivity contribution in [2.45, 2.75) is 20.0 Å². The van der Waals surface area contributed by atoms with Gasteiger partial charge in [-0.25, -0.2) is 15.0 Å². The fraction of sp³-hybridized carbons (Fsp3) is 0.217. The Morgan fingerprint density at radius 3 is 2.61 bits per heavy atom. The summed E-state index contributed by atoms with van der Waals surface area (Å²) in [6.07, 6.45) is 3.11. The molecule has 10 heteroatoms. The number of rotatable bonds is 6. The summed E-state index contributed by atoms with van der Waals surface area (Å²) in [5.41, 5.74) is 4.57. The molecule has 0 radical (unpaired) electrons. The molecule has 4 heterocycles. The Morgan fingerprint density at radius 1 is 1.06 bits per heavy atom. The average Bonchev–Trinajstić information content (AvgIpc) is 3.44. The molecule has 9 nitrogen and oxygen atoms in total. The number of nitrogens with zero attached hydrogens (tertiary/aromatic N) is 7. The van der Waals surface area contributed by atoms with Crippen LogP contribution in [0.3, 0.4) is 0 Å². The lowest BCUT2D eigenvalue weighted by Crippen LogP contribution is -2.06. The van der Waals surface area contributed by atoms with Gasteiger partial charge in [0.1, 0.15) is 28.2 Å². The predicted molar refractivity (Wildman–Crippen MR) is 125 cm³/mol. The molecule has 166 valence electrons. The molecule has 33 heavy (non-hydrogen) atoms. The predicted octanol–water partition coefficient (Wildman–Crippen LogP) is 4.40. The van der Waals surface area contributed by atoms with E-state index in [1.165, 1.54) is 17.7 Å². The molecule has 0 N–H and O–H groups in total. The highest BCUT2D eigenvalue weighted by molar-refractivity contribution is 7.11. The van der Waals surface area contributed by atoms with Gasteiger partial charge in [-0.05, 0) is 13.8 Å². The van der Waals surface area contributed by atoms with E-state index in [0.717, 1.165) is 26.8 Å². The van der Waals surface area contributed by atoms with Crippen molar-refractivity contribution in [2.24, 2.45) is 7.05 Å². The number of hydrogen-bond donors (Lipinski definition) is 0. The molecule has 5 aromatic rings. The monoisotopic (exact) mass is 459 g/mol. The standard InChI is InChI=1S/C23H21N7O2S/c1-13(23-28-27-14(2)33-23)32-22-18(31-4)10-17-21(26-22)20(25-12-24-17)16-11-30(3)29-19(16)15-8-6-5-7-9-15/h5-13H,1-4H3. The third-order valence-corrected chi connectivity index (χ3v) is 6.07. The van der Waals surface area contributed by atoms with E-state index in [1.54, 1.807) is 17.9 Å². The fourth-order valence-corrected chi connectivity index (χ4v) is 4.22. The quantitative estimate of drug-likeness (QED) is 0.368. The van der Waals surface area contributed by atoms with Gasteiger partial charge in [-0.15, -0.1) is 10.2 Å². The minimum atomic E-state index is -0.346. The highest BCUT2D eigenvalue weighted by atomic mass is 32.1. The number of aromatic nitrogens is 7. The van der Waals surface area contributed by atoms with Gasteiger partial charge in [-0.3, -0.25) is 4.68 Å². The number of fused-ring (bicyclic) bond motifs is 1. The average molecular weight is 460 g/mol. The van der Waals surface area contributed by atoms with Crippen LogP contribution in [0.1, 0.15) is 23.0 Å². The van der Waals surface area contributed by atoms with Crippen LogP contribution in [0.5, 0.6) is 11.6 Å². The Hall–Kier alpha value is -3.92. The number of ether oxygens (including phenoxy) is 2. The van der Waals surface area contributed by atoms with Gasteiger partial charge in [0, 0.05) is 30.4 Å². The maximum Gasteiger partial charge on any atom is 0.258 e. The molecule has 0 aliphatic rings. The van der Waals surface area contributed by atoms with Crippen LogP contribution in [0.25, 0.3) is 33.5 Å². The molecule has 1 atom stereocenters. The number of methoxy groups -OCH3 is 1. The van der Waals surface area contributed by atoms with Crippen molar-refractivity contribution < 1.29 is 9.47 Å². The first-order valence-corrected chi connectivity index (χ1v) is 11.1. The molecule has 1 unspecified atom stereocenters. The van der Waals surface area contributed by atoms with Crippen LogP contribution in [0.4, 0.5) is 0 Å². The van der Waals surface area contributed by atoms with Gasteiger partial charge in [-0.2, -0.15) is 5.10 Å². The fourth-order valence-electron chi connectivity index (χ4n) is 3.54. The molecule has 1 aromatic carbocycles. The molecule has 0 amide bonds. The van der Waals surface area contributed by atoms with E-state index in [-0.39, 0.29) is 6.10 Å². The Bertz CT molecular complexity index is 1430. The molecule has 0 aliphatic carbocycles. The highest BCUT2D eigenvalue weighted by Gasteiger charge is 2.21. The van der Waals surface area contributed by atoms with Crippen molar-refractivity contribution >= 4 is 22.4 Å². The van der Waals surface area contributed by atoms with E-state index in [2.05, 4.69) is 25.3 Å². The highest BCUT2D eigenvalue weighted by Crippen LogP contribution is 2.37. The minimum absolute atomic E-state index is 0.339. The SMILES string of the molecule is COc1cc2ncnc(-c3cn(C)nc3-c3ccccc3)c2nc1OC(C)c1nnc(C)s1. The first-order chi connectivity index (χ1) is 16.0. The van der Waals surface area contributed by atoms with Crippen molar-refractivity contribution in [1.29, 1.82) is 0 Å². The molecule has 5 rings (SSSR count). The summed E-state index contributed by atoms with van der Waals surface area (Å²) >= 11 is 1.48. The Balaban J connectivity index is 1.64. The molecule has 0 saturated carbocycles. The molecule has 4 aromatic heterocycles. The molecule has 0 aliphatic heterocycles. The van der Waals surface area contributed by atoms with Crippen LogP contribution in [-0.4, -0.2) is 42.0 Å². The Morgan fingerprint density at radius 2 is 1.88 bits per heavy atom. The molecular weight excluding hydrogens is 438 g/mol. The van der Waals surface area contributed by atoms with Gasteiger partial charge in [0.2, 0.25) is 0 Å². The van der Waals surface area contributed by atoms with Crippen LogP contribution < -0.4 is 9.47 Å². The van der Waals surface area contributed by atoms with Gasteiger partial charge >= 0.3 is 0 Å². The van der Waals surface area contributed by atoms with Gasteiger partial charge in [0.25, 0.3) is 5.88 Å². The van der Waals surface area contributed by atoms with Crippen LogP contribution in [0, 0.1) is 6.92 Å². The Kier molecular flexibility index (Phi) is 5.43. The van der Waals surface area contributed by atoms with Crippen molar-refractivity contribution in [3.8, 4) is 34.1 Å².